The summed E-state index contributed by atoms with van der Waals surface area (Å²) in [4.78, 5) is 13.7. The van der Waals surface area contributed by atoms with E-state index in [0.29, 0.717) is 6.04 Å². The fraction of sp³-hybridized carbons (Fsp3) is 0.533. The van der Waals surface area contributed by atoms with Crippen LogP contribution in [0.1, 0.15) is 25.7 Å². The highest BCUT2D eigenvalue weighted by molar-refractivity contribution is 5.74. The van der Waals surface area contributed by atoms with Gasteiger partial charge >= 0.3 is 6.03 Å². The minimum absolute atomic E-state index is 0.0212. The van der Waals surface area contributed by atoms with E-state index in [0.717, 1.165) is 32.4 Å². The Morgan fingerprint density at radius 1 is 1.32 bits per heavy atom. The average molecular weight is 261 g/mol. The molecule has 1 aromatic rings. The van der Waals surface area contributed by atoms with Crippen LogP contribution >= 0.6 is 0 Å². The number of amides is 2. The Labute approximate surface area is 115 Å². The first-order chi connectivity index (χ1) is 9.25. The van der Waals surface area contributed by atoms with E-state index in [4.69, 9.17) is 0 Å². The van der Waals surface area contributed by atoms with Gasteiger partial charge in [-0.25, -0.2) is 4.79 Å². The number of rotatable bonds is 6. The van der Waals surface area contributed by atoms with E-state index in [1.807, 2.05) is 18.2 Å². The second-order valence-electron chi connectivity index (χ2n) is 5.14. The number of nitrogens with zero attached hydrogens (tertiary/aromatic N) is 1. The minimum Gasteiger partial charge on any atom is -0.375 e. The molecular formula is C15H23N3O. The van der Waals surface area contributed by atoms with E-state index in [-0.39, 0.29) is 6.03 Å². The largest absolute Gasteiger partial charge is 0.375 e. The lowest BCUT2D eigenvalue weighted by Crippen LogP contribution is -2.45. The maximum atomic E-state index is 11.5. The summed E-state index contributed by atoms with van der Waals surface area (Å²) in [6, 6.07) is 10.7. The number of urea groups is 1. The number of nitrogens with one attached hydrogen (secondary N) is 2. The van der Waals surface area contributed by atoms with Crippen molar-refractivity contribution in [2.75, 3.05) is 25.0 Å². The SMILES string of the molecule is CN(CCCNC(=O)NC1CCC1)c1ccccc1. The smallest absolute Gasteiger partial charge is 0.315 e. The van der Waals surface area contributed by atoms with Gasteiger partial charge in [0.25, 0.3) is 0 Å². The van der Waals surface area contributed by atoms with Gasteiger partial charge in [0.1, 0.15) is 0 Å². The predicted octanol–water partition coefficient (Wildman–Crippen LogP) is 2.36. The number of carbonyl (C=O) groups excluding carboxylic acids is 1. The number of anilines is 1. The molecule has 0 unspecified atom stereocenters. The Bertz CT molecular complexity index is 390. The van der Waals surface area contributed by atoms with Crippen LogP contribution < -0.4 is 15.5 Å². The van der Waals surface area contributed by atoms with E-state index >= 15 is 0 Å². The topological polar surface area (TPSA) is 44.4 Å². The minimum atomic E-state index is -0.0212. The van der Waals surface area contributed by atoms with Crippen molar-refractivity contribution < 1.29 is 4.79 Å². The fourth-order valence-corrected chi connectivity index (χ4v) is 2.12. The van der Waals surface area contributed by atoms with Gasteiger partial charge in [0, 0.05) is 31.9 Å². The van der Waals surface area contributed by atoms with Gasteiger partial charge in [0.05, 0.1) is 0 Å². The number of carbonyl (C=O) groups is 1. The maximum absolute atomic E-state index is 11.5. The molecule has 0 spiro atoms. The average Bonchev–Trinajstić information content (AvgIpc) is 2.40. The maximum Gasteiger partial charge on any atom is 0.315 e. The molecule has 4 heteroatoms. The van der Waals surface area contributed by atoms with E-state index in [2.05, 4.69) is 34.7 Å². The highest BCUT2D eigenvalue weighted by atomic mass is 16.2. The molecule has 0 aromatic heterocycles. The zero-order valence-corrected chi connectivity index (χ0v) is 11.6. The number of hydrogen-bond donors (Lipinski definition) is 2. The van der Waals surface area contributed by atoms with Crippen LogP contribution in [0.3, 0.4) is 0 Å². The summed E-state index contributed by atoms with van der Waals surface area (Å²) in [6.45, 7) is 1.66. The van der Waals surface area contributed by atoms with E-state index in [1.54, 1.807) is 0 Å². The normalized spacial score (nSPS) is 14.6. The molecule has 1 aromatic carbocycles. The second kappa shape index (κ2) is 7.02. The standard InChI is InChI=1S/C15H23N3O/c1-18(14-9-3-2-4-10-14)12-6-11-16-15(19)17-13-7-5-8-13/h2-4,9-10,13H,5-8,11-12H2,1H3,(H2,16,17,19). The third-order valence-electron chi connectivity index (χ3n) is 3.59. The highest BCUT2D eigenvalue weighted by Gasteiger charge is 2.18. The van der Waals surface area contributed by atoms with Crippen molar-refractivity contribution >= 4 is 11.7 Å². The number of para-hydroxylation sites is 1. The van der Waals surface area contributed by atoms with Gasteiger partial charge in [-0.05, 0) is 37.8 Å². The first-order valence-corrected chi connectivity index (χ1v) is 7.06. The van der Waals surface area contributed by atoms with Crippen LogP contribution in [-0.4, -0.2) is 32.2 Å². The lowest BCUT2D eigenvalue weighted by atomic mass is 9.93. The number of hydrogen-bond acceptors (Lipinski definition) is 2. The molecule has 0 bridgehead atoms. The molecule has 0 atom stereocenters. The molecule has 1 aliphatic rings. The van der Waals surface area contributed by atoms with Crippen LogP contribution in [0.15, 0.2) is 30.3 Å². The van der Waals surface area contributed by atoms with Gasteiger partial charge < -0.3 is 15.5 Å². The second-order valence-corrected chi connectivity index (χ2v) is 5.14. The fourth-order valence-electron chi connectivity index (χ4n) is 2.12. The summed E-state index contributed by atoms with van der Waals surface area (Å²) in [5, 5.41) is 5.88. The summed E-state index contributed by atoms with van der Waals surface area (Å²) >= 11 is 0. The Balaban J connectivity index is 1.57. The van der Waals surface area contributed by atoms with E-state index in [9.17, 15) is 4.79 Å². The van der Waals surface area contributed by atoms with Crippen LogP contribution in [0, 0.1) is 0 Å². The molecular weight excluding hydrogens is 238 g/mol. The molecule has 0 radical (unpaired) electrons. The van der Waals surface area contributed by atoms with Crippen molar-refractivity contribution in [3.05, 3.63) is 30.3 Å². The highest BCUT2D eigenvalue weighted by Crippen LogP contribution is 2.17. The molecule has 1 saturated carbocycles. The van der Waals surface area contributed by atoms with Crippen molar-refractivity contribution in [3.8, 4) is 0 Å². The summed E-state index contributed by atoms with van der Waals surface area (Å²) < 4.78 is 0. The summed E-state index contributed by atoms with van der Waals surface area (Å²) in [5.74, 6) is 0. The third kappa shape index (κ3) is 4.47. The Morgan fingerprint density at radius 2 is 2.05 bits per heavy atom. The van der Waals surface area contributed by atoms with Crippen molar-refractivity contribution in [1.29, 1.82) is 0 Å². The van der Waals surface area contributed by atoms with Gasteiger partial charge in [0.2, 0.25) is 0 Å². The Hall–Kier alpha value is -1.71. The van der Waals surface area contributed by atoms with Gasteiger partial charge in [-0.15, -0.1) is 0 Å². The predicted molar refractivity (Wildman–Crippen MR) is 78.5 cm³/mol. The molecule has 2 amide bonds. The van der Waals surface area contributed by atoms with Crippen LogP contribution in [0.25, 0.3) is 0 Å². The molecule has 2 rings (SSSR count). The van der Waals surface area contributed by atoms with Crippen LogP contribution in [0.4, 0.5) is 10.5 Å². The molecule has 4 nitrogen and oxygen atoms in total. The first kappa shape index (κ1) is 13.7. The third-order valence-corrected chi connectivity index (χ3v) is 3.59. The lowest BCUT2D eigenvalue weighted by molar-refractivity contribution is 0.228. The van der Waals surface area contributed by atoms with Crippen molar-refractivity contribution in [3.63, 3.8) is 0 Å². The lowest BCUT2D eigenvalue weighted by Gasteiger charge is -2.26. The molecule has 1 fully saturated rings. The van der Waals surface area contributed by atoms with Crippen LogP contribution in [0.2, 0.25) is 0 Å². The van der Waals surface area contributed by atoms with E-state index < -0.39 is 0 Å². The Morgan fingerprint density at radius 3 is 2.68 bits per heavy atom. The quantitative estimate of drug-likeness (QED) is 0.772. The summed E-state index contributed by atoms with van der Waals surface area (Å²) in [7, 11) is 2.07. The first-order valence-electron chi connectivity index (χ1n) is 7.06. The van der Waals surface area contributed by atoms with Crippen LogP contribution in [0.5, 0.6) is 0 Å². The molecule has 104 valence electrons. The Kier molecular flexibility index (Phi) is 5.07. The number of benzene rings is 1. The molecule has 1 aliphatic carbocycles. The summed E-state index contributed by atoms with van der Waals surface area (Å²) in [5.41, 5.74) is 1.21. The zero-order chi connectivity index (χ0) is 13.5. The van der Waals surface area contributed by atoms with Gasteiger partial charge in [-0.3, -0.25) is 0 Å². The molecule has 2 N–H and O–H groups in total. The molecule has 0 heterocycles. The van der Waals surface area contributed by atoms with Crippen LogP contribution in [-0.2, 0) is 0 Å². The van der Waals surface area contributed by atoms with Gasteiger partial charge in [-0.2, -0.15) is 0 Å². The van der Waals surface area contributed by atoms with E-state index in [1.165, 1.54) is 12.1 Å². The monoisotopic (exact) mass is 261 g/mol. The van der Waals surface area contributed by atoms with Crippen molar-refractivity contribution in [2.45, 2.75) is 31.7 Å². The molecule has 0 saturated heterocycles. The van der Waals surface area contributed by atoms with Gasteiger partial charge in [0.15, 0.2) is 0 Å². The van der Waals surface area contributed by atoms with Gasteiger partial charge in [-0.1, -0.05) is 18.2 Å². The molecule has 0 aliphatic heterocycles. The zero-order valence-electron chi connectivity index (χ0n) is 11.6. The molecule has 19 heavy (non-hydrogen) atoms. The summed E-state index contributed by atoms with van der Waals surface area (Å²) in [6.07, 6.45) is 4.45. The van der Waals surface area contributed by atoms with Crippen molar-refractivity contribution in [2.24, 2.45) is 0 Å². The van der Waals surface area contributed by atoms with Crippen molar-refractivity contribution in [1.82, 2.24) is 10.6 Å².